The van der Waals surface area contributed by atoms with Gasteiger partial charge in [-0.05, 0) is 25.7 Å². The lowest BCUT2D eigenvalue weighted by Crippen LogP contribution is -2.42. The summed E-state index contributed by atoms with van der Waals surface area (Å²) in [6.45, 7) is 0. The largest absolute Gasteiger partial charge is 0.393 e. The molecule has 5 heteroatoms. The number of aliphatic hydroxyl groups is 1. The summed E-state index contributed by atoms with van der Waals surface area (Å²) in [5.41, 5.74) is 6.24. The van der Waals surface area contributed by atoms with Gasteiger partial charge in [-0.15, -0.1) is 0 Å². The van der Waals surface area contributed by atoms with Gasteiger partial charge in [-0.3, -0.25) is 10.1 Å². The topological polar surface area (TPSA) is 89.4 Å². The summed E-state index contributed by atoms with van der Waals surface area (Å²) in [5, 5.41) is 20.4. The van der Waals surface area contributed by atoms with Gasteiger partial charge in [0.1, 0.15) is 0 Å². The molecule has 0 aliphatic heterocycles. The zero-order chi connectivity index (χ0) is 12.5. The molecule has 0 radical (unpaired) electrons. The maximum absolute atomic E-state index is 11.0. The molecule has 0 saturated heterocycles. The average Bonchev–Trinajstić information content (AvgIpc) is 2.33. The lowest BCUT2D eigenvalue weighted by Gasteiger charge is -2.35. The summed E-state index contributed by atoms with van der Waals surface area (Å²) in [7, 11) is 0. The maximum atomic E-state index is 11.0. The van der Waals surface area contributed by atoms with Gasteiger partial charge in [0.05, 0.1) is 11.0 Å². The summed E-state index contributed by atoms with van der Waals surface area (Å²) in [6, 6.07) is 6.61. The summed E-state index contributed by atoms with van der Waals surface area (Å²) < 4.78 is 0. The van der Waals surface area contributed by atoms with Gasteiger partial charge in [0, 0.05) is 17.2 Å². The minimum Gasteiger partial charge on any atom is -0.393 e. The Morgan fingerprint density at radius 2 is 1.94 bits per heavy atom. The molecule has 2 rings (SSSR count). The third-order valence-corrected chi connectivity index (χ3v) is 3.48. The molecular formula is C12H16N2O3. The SMILES string of the molecule is NC1(c2ccccc2[N+](=O)[O-])CCC(O)CC1. The third kappa shape index (κ3) is 2.30. The van der Waals surface area contributed by atoms with Crippen LogP contribution in [-0.2, 0) is 5.54 Å². The van der Waals surface area contributed by atoms with Crippen LogP contribution in [-0.4, -0.2) is 16.1 Å². The maximum Gasteiger partial charge on any atom is 0.274 e. The predicted octanol–water partition coefficient (Wildman–Crippen LogP) is 1.68. The van der Waals surface area contributed by atoms with Crippen molar-refractivity contribution in [3.63, 3.8) is 0 Å². The first-order chi connectivity index (χ1) is 8.03. The van der Waals surface area contributed by atoms with Crippen molar-refractivity contribution in [2.45, 2.75) is 37.3 Å². The second-order valence-corrected chi connectivity index (χ2v) is 4.66. The standard InChI is InChI=1S/C12H16N2O3/c13-12(7-5-9(15)6-8-12)10-3-1-2-4-11(10)14(16)17/h1-4,9,15H,5-8,13H2. The second-order valence-electron chi connectivity index (χ2n) is 4.66. The van der Waals surface area contributed by atoms with Crippen LogP contribution in [0.1, 0.15) is 31.2 Å². The van der Waals surface area contributed by atoms with Crippen molar-refractivity contribution in [1.29, 1.82) is 0 Å². The highest BCUT2D eigenvalue weighted by Gasteiger charge is 2.36. The lowest BCUT2D eigenvalue weighted by atomic mass is 9.76. The smallest absolute Gasteiger partial charge is 0.274 e. The van der Waals surface area contributed by atoms with Crippen LogP contribution < -0.4 is 5.73 Å². The molecule has 0 amide bonds. The van der Waals surface area contributed by atoms with E-state index in [4.69, 9.17) is 5.73 Å². The number of nitro groups is 1. The number of nitrogens with zero attached hydrogens (tertiary/aromatic N) is 1. The minimum atomic E-state index is -0.678. The molecule has 0 unspecified atom stereocenters. The second kappa shape index (κ2) is 4.43. The van der Waals surface area contributed by atoms with Crippen molar-refractivity contribution < 1.29 is 10.0 Å². The van der Waals surface area contributed by atoms with E-state index in [-0.39, 0.29) is 11.8 Å². The first-order valence-corrected chi connectivity index (χ1v) is 5.74. The normalized spacial score (nSPS) is 28.9. The van der Waals surface area contributed by atoms with E-state index in [2.05, 4.69) is 0 Å². The summed E-state index contributed by atoms with van der Waals surface area (Å²) in [4.78, 5) is 10.6. The van der Waals surface area contributed by atoms with Gasteiger partial charge in [-0.1, -0.05) is 18.2 Å². The van der Waals surface area contributed by atoms with Gasteiger partial charge in [0.2, 0.25) is 0 Å². The molecule has 0 aromatic heterocycles. The number of para-hydroxylation sites is 1. The Morgan fingerprint density at radius 1 is 1.35 bits per heavy atom. The molecule has 0 spiro atoms. The van der Waals surface area contributed by atoms with E-state index < -0.39 is 10.5 Å². The zero-order valence-electron chi connectivity index (χ0n) is 9.50. The molecule has 92 valence electrons. The number of nitro benzene ring substituents is 1. The van der Waals surface area contributed by atoms with Crippen LogP contribution in [0.15, 0.2) is 24.3 Å². The fraction of sp³-hybridized carbons (Fsp3) is 0.500. The molecule has 5 nitrogen and oxygen atoms in total. The molecule has 1 aliphatic rings. The summed E-state index contributed by atoms with van der Waals surface area (Å²) in [5.74, 6) is 0. The van der Waals surface area contributed by atoms with Gasteiger partial charge in [-0.2, -0.15) is 0 Å². The molecule has 1 saturated carbocycles. The van der Waals surface area contributed by atoms with Crippen LogP contribution in [0.5, 0.6) is 0 Å². The van der Waals surface area contributed by atoms with Crippen LogP contribution in [0.4, 0.5) is 5.69 Å². The Kier molecular flexibility index (Phi) is 3.13. The Bertz CT molecular complexity index is 426. The van der Waals surface area contributed by atoms with E-state index in [1.165, 1.54) is 6.07 Å². The fourth-order valence-electron chi connectivity index (χ4n) is 2.44. The summed E-state index contributed by atoms with van der Waals surface area (Å²) >= 11 is 0. The predicted molar refractivity (Wildman–Crippen MR) is 63.4 cm³/mol. The lowest BCUT2D eigenvalue weighted by molar-refractivity contribution is -0.386. The number of rotatable bonds is 2. The number of benzene rings is 1. The van der Waals surface area contributed by atoms with Crippen molar-refractivity contribution in [3.05, 3.63) is 39.9 Å². The number of nitrogens with two attached hydrogens (primary N) is 1. The van der Waals surface area contributed by atoms with E-state index in [0.29, 0.717) is 31.2 Å². The van der Waals surface area contributed by atoms with Crippen molar-refractivity contribution in [2.75, 3.05) is 0 Å². The Labute approximate surface area is 99.4 Å². The van der Waals surface area contributed by atoms with Crippen molar-refractivity contribution in [1.82, 2.24) is 0 Å². The van der Waals surface area contributed by atoms with Gasteiger partial charge < -0.3 is 10.8 Å². The molecular weight excluding hydrogens is 220 g/mol. The van der Waals surface area contributed by atoms with Crippen LogP contribution in [0.3, 0.4) is 0 Å². The van der Waals surface area contributed by atoms with Crippen molar-refractivity contribution >= 4 is 5.69 Å². The van der Waals surface area contributed by atoms with Gasteiger partial charge >= 0.3 is 0 Å². The van der Waals surface area contributed by atoms with Gasteiger partial charge in [0.15, 0.2) is 0 Å². The van der Waals surface area contributed by atoms with E-state index in [9.17, 15) is 15.2 Å². The Morgan fingerprint density at radius 3 is 2.53 bits per heavy atom. The van der Waals surface area contributed by atoms with Crippen LogP contribution in [0.2, 0.25) is 0 Å². The van der Waals surface area contributed by atoms with Crippen LogP contribution >= 0.6 is 0 Å². The zero-order valence-corrected chi connectivity index (χ0v) is 9.50. The highest BCUT2D eigenvalue weighted by Crippen LogP contribution is 2.38. The van der Waals surface area contributed by atoms with Gasteiger partial charge in [-0.25, -0.2) is 0 Å². The first kappa shape index (κ1) is 12.0. The molecule has 1 aromatic rings. The average molecular weight is 236 g/mol. The highest BCUT2D eigenvalue weighted by molar-refractivity contribution is 5.44. The monoisotopic (exact) mass is 236 g/mol. The molecule has 1 fully saturated rings. The molecule has 1 aromatic carbocycles. The van der Waals surface area contributed by atoms with Crippen molar-refractivity contribution in [3.8, 4) is 0 Å². The molecule has 3 N–H and O–H groups in total. The van der Waals surface area contributed by atoms with Crippen LogP contribution in [0.25, 0.3) is 0 Å². The third-order valence-electron chi connectivity index (χ3n) is 3.48. The van der Waals surface area contributed by atoms with E-state index in [0.717, 1.165) is 0 Å². The molecule has 1 aliphatic carbocycles. The first-order valence-electron chi connectivity index (χ1n) is 5.74. The number of aliphatic hydroxyl groups excluding tert-OH is 1. The summed E-state index contributed by atoms with van der Waals surface area (Å²) in [6.07, 6.45) is 2.04. The van der Waals surface area contributed by atoms with E-state index in [1.807, 2.05) is 0 Å². The van der Waals surface area contributed by atoms with Crippen LogP contribution in [0, 0.1) is 10.1 Å². The minimum absolute atomic E-state index is 0.0754. The molecule has 0 heterocycles. The fourth-order valence-corrected chi connectivity index (χ4v) is 2.44. The molecule has 0 bridgehead atoms. The number of hydrogen-bond acceptors (Lipinski definition) is 4. The highest BCUT2D eigenvalue weighted by atomic mass is 16.6. The Balaban J connectivity index is 2.36. The number of hydrogen-bond donors (Lipinski definition) is 2. The Hall–Kier alpha value is -1.46. The van der Waals surface area contributed by atoms with E-state index >= 15 is 0 Å². The van der Waals surface area contributed by atoms with Gasteiger partial charge in [0.25, 0.3) is 5.69 Å². The van der Waals surface area contributed by atoms with E-state index in [1.54, 1.807) is 18.2 Å². The molecule has 17 heavy (non-hydrogen) atoms. The van der Waals surface area contributed by atoms with Crippen molar-refractivity contribution in [2.24, 2.45) is 5.73 Å². The molecule has 0 atom stereocenters. The quantitative estimate of drug-likeness (QED) is 0.604.